The number of amides is 1. The average Bonchev–Trinajstić information content (AvgIpc) is 2.65. The summed E-state index contributed by atoms with van der Waals surface area (Å²) in [6.45, 7) is 4.81. The van der Waals surface area contributed by atoms with Gasteiger partial charge < -0.3 is 10.3 Å². The number of nitrogens with zero attached hydrogens (tertiary/aromatic N) is 2. The monoisotopic (exact) mass is 258 g/mol. The van der Waals surface area contributed by atoms with E-state index < -0.39 is 5.91 Å². The van der Waals surface area contributed by atoms with E-state index in [1.807, 2.05) is 0 Å². The van der Waals surface area contributed by atoms with E-state index in [9.17, 15) is 4.79 Å². The maximum atomic E-state index is 10.5. The molecule has 1 aromatic heterocycles. The molecule has 0 saturated heterocycles. The maximum absolute atomic E-state index is 10.5. The van der Waals surface area contributed by atoms with Crippen LogP contribution in [0.2, 0.25) is 0 Å². The van der Waals surface area contributed by atoms with Crippen LogP contribution in [0.4, 0.5) is 0 Å². The van der Waals surface area contributed by atoms with E-state index >= 15 is 0 Å². The van der Waals surface area contributed by atoms with Crippen LogP contribution >= 0.6 is 11.8 Å². The number of nitrogens with one attached hydrogen (secondary N) is 1. The highest BCUT2D eigenvalue weighted by atomic mass is 32.2. The average molecular weight is 258 g/mol. The van der Waals surface area contributed by atoms with Gasteiger partial charge in [0.2, 0.25) is 11.8 Å². The number of rotatable bonds is 8. The standard InChI is InChI=1S/C10H18N4O2S/c1-7(2)5-17-6-9-13-10(16-14-9)4-12-3-8(11)15/h7,12H,3-6H2,1-2H3,(H2,11,15). The molecule has 1 amide bonds. The third kappa shape index (κ3) is 6.28. The van der Waals surface area contributed by atoms with E-state index in [0.717, 1.165) is 11.5 Å². The highest BCUT2D eigenvalue weighted by Gasteiger charge is 2.06. The topological polar surface area (TPSA) is 94.0 Å². The zero-order chi connectivity index (χ0) is 12.7. The van der Waals surface area contributed by atoms with Crippen molar-refractivity contribution in [3.05, 3.63) is 11.7 Å². The number of primary amides is 1. The van der Waals surface area contributed by atoms with Crippen LogP contribution < -0.4 is 11.1 Å². The predicted molar refractivity (Wildman–Crippen MR) is 66.2 cm³/mol. The summed E-state index contributed by atoms with van der Waals surface area (Å²) in [6.07, 6.45) is 0. The van der Waals surface area contributed by atoms with E-state index in [-0.39, 0.29) is 6.54 Å². The molecule has 96 valence electrons. The fourth-order valence-corrected chi connectivity index (χ4v) is 1.99. The van der Waals surface area contributed by atoms with Crippen molar-refractivity contribution in [3.8, 4) is 0 Å². The summed E-state index contributed by atoms with van der Waals surface area (Å²) in [5.74, 6) is 3.24. The van der Waals surface area contributed by atoms with Gasteiger partial charge in [-0.2, -0.15) is 16.7 Å². The number of carbonyl (C=O) groups is 1. The Labute approximate surface area is 105 Å². The third-order valence-corrected chi connectivity index (χ3v) is 3.13. The minimum Gasteiger partial charge on any atom is -0.369 e. The van der Waals surface area contributed by atoms with Gasteiger partial charge in [-0.15, -0.1) is 0 Å². The van der Waals surface area contributed by atoms with Crippen LogP contribution in [-0.2, 0) is 17.1 Å². The lowest BCUT2D eigenvalue weighted by Gasteiger charge is -2.00. The second kappa shape index (κ2) is 7.29. The molecule has 0 atom stereocenters. The fraction of sp³-hybridized carbons (Fsp3) is 0.700. The summed E-state index contributed by atoms with van der Waals surface area (Å²) in [5, 5.41) is 6.66. The minimum atomic E-state index is -0.405. The Morgan fingerprint density at radius 3 is 3.00 bits per heavy atom. The van der Waals surface area contributed by atoms with E-state index in [2.05, 4.69) is 29.3 Å². The third-order valence-electron chi connectivity index (χ3n) is 1.77. The van der Waals surface area contributed by atoms with Gasteiger partial charge in [0.1, 0.15) is 0 Å². The molecule has 0 fully saturated rings. The van der Waals surface area contributed by atoms with E-state index in [0.29, 0.717) is 24.2 Å². The zero-order valence-electron chi connectivity index (χ0n) is 10.1. The van der Waals surface area contributed by atoms with Crippen LogP contribution in [0, 0.1) is 5.92 Å². The van der Waals surface area contributed by atoms with Crippen molar-refractivity contribution in [2.45, 2.75) is 26.1 Å². The second-order valence-electron chi connectivity index (χ2n) is 4.08. The minimum absolute atomic E-state index is 0.111. The summed E-state index contributed by atoms with van der Waals surface area (Å²) < 4.78 is 5.01. The summed E-state index contributed by atoms with van der Waals surface area (Å²) >= 11 is 1.78. The molecule has 0 bridgehead atoms. The summed E-state index contributed by atoms with van der Waals surface area (Å²) in [5.41, 5.74) is 4.98. The first-order chi connectivity index (χ1) is 8.08. The van der Waals surface area contributed by atoms with Gasteiger partial charge in [0.15, 0.2) is 5.82 Å². The predicted octanol–water partition coefficient (Wildman–Crippen LogP) is 0.534. The Hall–Kier alpha value is -1.08. The Kier molecular flexibility index (Phi) is 5.99. The lowest BCUT2D eigenvalue weighted by molar-refractivity contribution is -0.117. The van der Waals surface area contributed by atoms with E-state index in [1.165, 1.54) is 0 Å². The van der Waals surface area contributed by atoms with Crippen molar-refractivity contribution in [1.82, 2.24) is 15.5 Å². The molecule has 0 saturated carbocycles. The van der Waals surface area contributed by atoms with Gasteiger partial charge in [-0.05, 0) is 11.7 Å². The van der Waals surface area contributed by atoms with Crippen molar-refractivity contribution in [2.75, 3.05) is 12.3 Å². The lowest BCUT2D eigenvalue weighted by atomic mass is 10.3. The van der Waals surface area contributed by atoms with E-state index in [4.69, 9.17) is 10.3 Å². The smallest absolute Gasteiger partial charge is 0.240 e. The molecular formula is C10H18N4O2S. The summed E-state index contributed by atoms with van der Waals surface area (Å²) in [6, 6.07) is 0. The Morgan fingerprint density at radius 2 is 2.35 bits per heavy atom. The molecular weight excluding hydrogens is 240 g/mol. The lowest BCUT2D eigenvalue weighted by Crippen LogP contribution is -2.28. The van der Waals surface area contributed by atoms with Crippen LogP contribution in [0.25, 0.3) is 0 Å². The van der Waals surface area contributed by atoms with Gasteiger partial charge in [0.05, 0.1) is 18.8 Å². The summed E-state index contributed by atoms with van der Waals surface area (Å²) in [4.78, 5) is 14.7. The quantitative estimate of drug-likeness (QED) is 0.706. The van der Waals surface area contributed by atoms with Crippen LogP contribution in [0.1, 0.15) is 25.6 Å². The van der Waals surface area contributed by atoms with Gasteiger partial charge >= 0.3 is 0 Å². The summed E-state index contributed by atoms with van der Waals surface area (Å²) in [7, 11) is 0. The number of hydrogen-bond acceptors (Lipinski definition) is 6. The molecule has 0 unspecified atom stereocenters. The van der Waals surface area contributed by atoms with Gasteiger partial charge in [-0.1, -0.05) is 19.0 Å². The fourth-order valence-electron chi connectivity index (χ4n) is 1.10. The molecule has 17 heavy (non-hydrogen) atoms. The molecule has 1 heterocycles. The van der Waals surface area contributed by atoms with Crippen LogP contribution in [0.15, 0.2) is 4.52 Å². The molecule has 1 aromatic rings. The first-order valence-corrected chi connectivity index (χ1v) is 6.61. The first kappa shape index (κ1) is 14.0. The molecule has 0 spiro atoms. The molecule has 6 nitrogen and oxygen atoms in total. The molecule has 1 rings (SSSR count). The normalized spacial score (nSPS) is 11.0. The van der Waals surface area contributed by atoms with Crippen molar-refractivity contribution >= 4 is 17.7 Å². The second-order valence-corrected chi connectivity index (χ2v) is 5.11. The van der Waals surface area contributed by atoms with Gasteiger partial charge in [-0.25, -0.2) is 0 Å². The molecule has 0 aliphatic heterocycles. The van der Waals surface area contributed by atoms with Crippen LogP contribution in [0.3, 0.4) is 0 Å². The SMILES string of the molecule is CC(C)CSCc1noc(CNCC(N)=O)n1. The van der Waals surface area contributed by atoms with Gasteiger partial charge in [0, 0.05) is 0 Å². The Balaban J connectivity index is 2.25. The number of nitrogens with two attached hydrogens (primary N) is 1. The number of hydrogen-bond donors (Lipinski definition) is 2. The van der Waals surface area contributed by atoms with Crippen molar-refractivity contribution in [1.29, 1.82) is 0 Å². The van der Waals surface area contributed by atoms with Crippen LogP contribution in [-0.4, -0.2) is 28.3 Å². The molecule has 0 radical (unpaired) electrons. The van der Waals surface area contributed by atoms with E-state index in [1.54, 1.807) is 11.8 Å². The molecule has 3 N–H and O–H groups in total. The van der Waals surface area contributed by atoms with Crippen molar-refractivity contribution in [2.24, 2.45) is 11.7 Å². The number of thioether (sulfide) groups is 1. The van der Waals surface area contributed by atoms with Gasteiger partial charge in [-0.3, -0.25) is 10.1 Å². The zero-order valence-corrected chi connectivity index (χ0v) is 10.9. The van der Waals surface area contributed by atoms with Gasteiger partial charge in [0.25, 0.3) is 0 Å². The first-order valence-electron chi connectivity index (χ1n) is 5.46. The Bertz CT molecular complexity index is 354. The molecule has 0 aliphatic carbocycles. The maximum Gasteiger partial charge on any atom is 0.240 e. The van der Waals surface area contributed by atoms with Crippen molar-refractivity contribution < 1.29 is 9.32 Å². The number of aromatic nitrogens is 2. The molecule has 0 aromatic carbocycles. The molecule has 0 aliphatic rings. The highest BCUT2D eigenvalue weighted by molar-refractivity contribution is 7.98. The van der Waals surface area contributed by atoms with Crippen LogP contribution in [0.5, 0.6) is 0 Å². The highest BCUT2D eigenvalue weighted by Crippen LogP contribution is 2.12. The van der Waals surface area contributed by atoms with Crippen molar-refractivity contribution in [3.63, 3.8) is 0 Å². The Morgan fingerprint density at radius 1 is 1.59 bits per heavy atom. The largest absolute Gasteiger partial charge is 0.369 e. The molecule has 7 heteroatoms. The number of carbonyl (C=O) groups excluding carboxylic acids is 1.